The lowest BCUT2D eigenvalue weighted by atomic mass is 10.1. The molecule has 0 saturated carbocycles. The summed E-state index contributed by atoms with van der Waals surface area (Å²) in [6, 6.07) is 8.43. The van der Waals surface area contributed by atoms with Crippen molar-refractivity contribution in [2.75, 3.05) is 6.54 Å². The fourth-order valence-electron chi connectivity index (χ4n) is 2.05. The van der Waals surface area contributed by atoms with Gasteiger partial charge in [0.05, 0.1) is 6.10 Å². The molecule has 0 aliphatic heterocycles. The van der Waals surface area contributed by atoms with E-state index < -0.39 is 0 Å². The van der Waals surface area contributed by atoms with E-state index in [2.05, 4.69) is 34.6 Å². The topological polar surface area (TPSA) is 48.0 Å². The van der Waals surface area contributed by atoms with Gasteiger partial charge in [0.15, 0.2) is 0 Å². The van der Waals surface area contributed by atoms with Gasteiger partial charge >= 0.3 is 0 Å². The molecule has 3 nitrogen and oxygen atoms in total. The summed E-state index contributed by atoms with van der Waals surface area (Å²) in [5.74, 6) is 0. The molecule has 0 fully saturated rings. The van der Waals surface area contributed by atoms with Crippen molar-refractivity contribution >= 4 is 10.9 Å². The molecule has 1 aromatic heterocycles. The van der Waals surface area contributed by atoms with Crippen molar-refractivity contribution in [3.8, 4) is 0 Å². The molecule has 2 aromatic rings. The van der Waals surface area contributed by atoms with E-state index in [-0.39, 0.29) is 6.10 Å². The summed E-state index contributed by atoms with van der Waals surface area (Å²) in [6.07, 6.45) is 3.66. The van der Waals surface area contributed by atoms with E-state index in [1.165, 1.54) is 16.5 Å². The summed E-state index contributed by atoms with van der Waals surface area (Å²) in [6.45, 7) is 3.67. The van der Waals surface area contributed by atoms with Gasteiger partial charge in [-0.25, -0.2) is 0 Å². The predicted molar refractivity (Wildman–Crippen MR) is 70.9 cm³/mol. The molecular formula is C14H20N2O. The van der Waals surface area contributed by atoms with Gasteiger partial charge in [-0.1, -0.05) is 12.1 Å². The third kappa shape index (κ3) is 3.32. The van der Waals surface area contributed by atoms with Crippen molar-refractivity contribution in [2.45, 2.75) is 32.4 Å². The average Bonchev–Trinajstić information content (AvgIpc) is 2.77. The highest BCUT2D eigenvalue weighted by atomic mass is 16.3. The van der Waals surface area contributed by atoms with Crippen LogP contribution in [0.5, 0.6) is 0 Å². The molecule has 17 heavy (non-hydrogen) atoms. The number of H-pyrrole nitrogens is 1. The van der Waals surface area contributed by atoms with Crippen LogP contribution in [0.15, 0.2) is 30.5 Å². The first-order valence-corrected chi connectivity index (χ1v) is 6.21. The number of fused-ring (bicyclic) bond motifs is 1. The number of benzene rings is 1. The maximum Gasteiger partial charge on any atom is 0.0512 e. The van der Waals surface area contributed by atoms with Gasteiger partial charge in [-0.05, 0) is 44.0 Å². The first-order valence-electron chi connectivity index (χ1n) is 6.21. The molecule has 0 aliphatic rings. The van der Waals surface area contributed by atoms with Gasteiger partial charge in [-0.15, -0.1) is 0 Å². The molecular weight excluding hydrogens is 212 g/mol. The Balaban J connectivity index is 1.84. The van der Waals surface area contributed by atoms with Crippen LogP contribution in [0.3, 0.4) is 0 Å². The van der Waals surface area contributed by atoms with Crippen molar-refractivity contribution in [1.29, 1.82) is 0 Å². The number of aromatic amines is 1. The van der Waals surface area contributed by atoms with Gasteiger partial charge < -0.3 is 15.4 Å². The summed E-state index contributed by atoms with van der Waals surface area (Å²) < 4.78 is 0. The highest BCUT2D eigenvalue weighted by molar-refractivity contribution is 5.82. The molecule has 1 unspecified atom stereocenters. The average molecular weight is 232 g/mol. The molecule has 0 aliphatic carbocycles. The number of hydrogen-bond acceptors (Lipinski definition) is 2. The number of aromatic nitrogens is 1. The predicted octanol–water partition coefficient (Wildman–Crippen LogP) is 2.42. The highest BCUT2D eigenvalue weighted by Gasteiger charge is 2.01. The number of rotatable bonds is 6. The summed E-state index contributed by atoms with van der Waals surface area (Å²) in [5, 5.41) is 13.9. The molecule has 3 N–H and O–H groups in total. The zero-order valence-electron chi connectivity index (χ0n) is 10.2. The van der Waals surface area contributed by atoms with Crippen LogP contribution in [0.1, 0.15) is 25.3 Å². The zero-order chi connectivity index (χ0) is 12.1. The second kappa shape index (κ2) is 5.84. The summed E-state index contributed by atoms with van der Waals surface area (Å²) >= 11 is 0. The van der Waals surface area contributed by atoms with E-state index in [0.717, 1.165) is 25.9 Å². The molecule has 0 saturated heterocycles. The Bertz CT molecular complexity index is 462. The minimum atomic E-state index is -0.190. The van der Waals surface area contributed by atoms with Crippen LogP contribution < -0.4 is 5.32 Å². The monoisotopic (exact) mass is 232 g/mol. The van der Waals surface area contributed by atoms with E-state index in [4.69, 9.17) is 5.11 Å². The maximum absolute atomic E-state index is 9.15. The lowest BCUT2D eigenvalue weighted by Crippen LogP contribution is -2.16. The molecule has 92 valence electrons. The maximum atomic E-state index is 9.15. The first kappa shape index (κ1) is 12.1. The van der Waals surface area contributed by atoms with Crippen LogP contribution in [-0.2, 0) is 6.54 Å². The Morgan fingerprint density at radius 2 is 2.24 bits per heavy atom. The minimum absolute atomic E-state index is 0.190. The molecule has 1 atom stereocenters. The molecule has 0 amide bonds. The Hall–Kier alpha value is -1.32. The largest absolute Gasteiger partial charge is 0.393 e. The summed E-state index contributed by atoms with van der Waals surface area (Å²) in [5.41, 5.74) is 2.51. The summed E-state index contributed by atoms with van der Waals surface area (Å²) in [4.78, 5) is 3.22. The van der Waals surface area contributed by atoms with Crippen molar-refractivity contribution in [3.05, 3.63) is 36.0 Å². The SMILES string of the molecule is CC(O)CCCNCc1cccc2[nH]ccc12. The van der Waals surface area contributed by atoms with Crippen LogP contribution in [0, 0.1) is 0 Å². The lowest BCUT2D eigenvalue weighted by molar-refractivity contribution is 0.181. The van der Waals surface area contributed by atoms with Crippen molar-refractivity contribution < 1.29 is 5.11 Å². The fraction of sp³-hybridized carbons (Fsp3) is 0.429. The van der Waals surface area contributed by atoms with Gasteiger partial charge in [0.1, 0.15) is 0 Å². The lowest BCUT2D eigenvalue weighted by Gasteiger charge is -2.07. The van der Waals surface area contributed by atoms with Crippen LogP contribution in [0.4, 0.5) is 0 Å². The molecule has 2 rings (SSSR count). The van der Waals surface area contributed by atoms with Gasteiger partial charge in [0.2, 0.25) is 0 Å². The Kier molecular flexibility index (Phi) is 4.18. The van der Waals surface area contributed by atoms with Gasteiger partial charge in [0, 0.05) is 23.6 Å². The standard InChI is InChI=1S/C14H20N2O/c1-11(17)4-3-8-15-10-12-5-2-6-14-13(12)7-9-16-14/h2,5-7,9,11,15-17H,3-4,8,10H2,1H3. The zero-order valence-corrected chi connectivity index (χ0v) is 10.2. The van der Waals surface area contributed by atoms with Gasteiger partial charge in [0.25, 0.3) is 0 Å². The van der Waals surface area contributed by atoms with Crippen LogP contribution >= 0.6 is 0 Å². The van der Waals surface area contributed by atoms with E-state index in [1.54, 1.807) is 0 Å². The molecule has 1 aromatic carbocycles. The van der Waals surface area contributed by atoms with Crippen LogP contribution in [0.25, 0.3) is 10.9 Å². The smallest absolute Gasteiger partial charge is 0.0512 e. The van der Waals surface area contributed by atoms with E-state index >= 15 is 0 Å². The van der Waals surface area contributed by atoms with Crippen molar-refractivity contribution in [3.63, 3.8) is 0 Å². The third-order valence-electron chi connectivity index (χ3n) is 2.98. The minimum Gasteiger partial charge on any atom is -0.393 e. The van der Waals surface area contributed by atoms with Gasteiger partial charge in [-0.3, -0.25) is 0 Å². The number of aliphatic hydroxyl groups is 1. The number of hydrogen-bond donors (Lipinski definition) is 3. The fourth-order valence-corrected chi connectivity index (χ4v) is 2.05. The Morgan fingerprint density at radius 3 is 3.06 bits per heavy atom. The quantitative estimate of drug-likeness (QED) is 0.670. The van der Waals surface area contributed by atoms with Crippen molar-refractivity contribution in [2.24, 2.45) is 0 Å². The summed E-state index contributed by atoms with van der Waals surface area (Å²) in [7, 11) is 0. The molecule has 1 heterocycles. The Labute approximate surface area is 102 Å². The second-order valence-electron chi connectivity index (χ2n) is 4.52. The molecule has 0 bridgehead atoms. The van der Waals surface area contributed by atoms with E-state index in [0.29, 0.717) is 0 Å². The second-order valence-corrected chi connectivity index (χ2v) is 4.52. The number of nitrogens with one attached hydrogen (secondary N) is 2. The first-order chi connectivity index (χ1) is 8.27. The van der Waals surface area contributed by atoms with Crippen LogP contribution in [-0.4, -0.2) is 22.7 Å². The Morgan fingerprint density at radius 1 is 1.35 bits per heavy atom. The van der Waals surface area contributed by atoms with Crippen molar-refractivity contribution in [1.82, 2.24) is 10.3 Å². The van der Waals surface area contributed by atoms with Crippen LogP contribution in [0.2, 0.25) is 0 Å². The van der Waals surface area contributed by atoms with E-state index in [9.17, 15) is 0 Å². The molecule has 3 heteroatoms. The van der Waals surface area contributed by atoms with Gasteiger partial charge in [-0.2, -0.15) is 0 Å². The third-order valence-corrected chi connectivity index (χ3v) is 2.98. The molecule has 0 spiro atoms. The molecule has 0 radical (unpaired) electrons. The number of aliphatic hydroxyl groups excluding tert-OH is 1. The highest BCUT2D eigenvalue weighted by Crippen LogP contribution is 2.16. The normalized spacial score (nSPS) is 13.1. The van der Waals surface area contributed by atoms with E-state index in [1.807, 2.05) is 13.1 Å².